The number of nitrogens with one attached hydrogen (secondary N) is 10. The van der Waals surface area contributed by atoms with Gasteiger partial charge in [-0.3, -0.25) is 47.9 Å². The zero-order valence-electron chi connectivity index (χ0n) is 55.4. The van der Waals surface area contributed by atoms with Gasteiger partial charge in [-0.05, 0) is 130 Å². The zero-order chi connectivity index (χ0) is 70.5. The van der Waals surface area contributed by atoms with Crippen LogP contribution in [0.5, 0.6) is 5.75 Å². The number of unbranched alkanes of at least 4 members (excludes halogenated alkanes) is 1. The number of hydrogen-bond donors (Lipinski definition) is 16. The highest BCUT2D eigenvalue weighted by atomic mass is 16.4. The highest BCUT2D eigenvalue weighted by Gasteiger charge is 2.42. The van der Waals surface area contributed by atoms with Crippen molar-refractivity contribution >= 4 is 86.9 Å². The Morgan fingerprint density at radius 2 is 1.01 bits per heavy atom. The number of aromatic hydroxyl groups is 1. The number of para-hydroxylation sites is 2. The molecule has 0 spiro atoms. The van der Waals surface area contributed by atoms with E-state index in [4.69, 9.17) is 11.5 Å². The van der Waals surface area contributed by atoms with Gasteiger partial charge >= 0.3 is 11.9 Å². The molecule has 0 radical (unpaired) electrons. The first-order valence-corrected chi connectivity index (χ1v) is 32.7. The number of carbonyl (C=O) groups is 11. The second kappa shape index (κ2) is 35.9. The molecule has 1 aliphatic heterocycles. The van der Waals surface area contributed by atoms with Crippen LogP contribution in [-0.4, -0.2) is 180 Å². The molecular weight excluding hydrogens is 1240 g/mol. The molecule has 96 heavy (non-hydrogen) atoms. The summed E-state index contributed by atoms with van der Waals surface area (Å²) in [6.45, 7) is 12.1. The van der Waals surface area contributed by atoms with E-state index >= 15 is 0 Å². The van der Waals surface area contributed by atoms with E-state index in [0.717, 1.165) is 32.3 Å². The van der Waals surface area contributed by atoms with Crippen LogP contribution < -0.4 is 54.0 Å². The van der Waals surface area contributed by atoms with Crippen LogP contribution in [0.1, 0.15) is 123 Å². The molecule has 2 aromatic heterocycles. The largest absolute Gasteiger partial charge is 0.508 e. The molecule has 6 rings (SSSR count). The lowest BCUT2D eigenvalue weighted by atomic mass is 9.99. The summed E-state index contributed by atoms with van der Waals surface area (Å²) in [5, 5.41) is 63.8. The number of aliphatic hydroxyl groups excluding tert-OH is 1. The average Bonchev–Trinajstić information content (AvgIpc) is 1.62. The van der Waals surface area contributed by atoms with Gasteiger partial charge in [-0.1, -0.05) is 90.1 Å². The zero-order valence-corrected chi connectivity index (χ0v) is 55.4. The summed E-state index contributed by atoms with van der Waals surface area (Å²) < 4.78 is 0. The lowest BCUT2D eigenvalue weighted by Gasteiger charge is -2.31. The van der Waals surface area contributed by atoms with Crippen molar-refractivity contribution in [2.24, 2.45) is 29.2 Å². The molecule has 0 saturated carbocycles. The first-order valence-electron chi connectivity index (χ1n) is 32.7. The van der Waals surface area contributed by atoms with Gasteiger partial charge in [0.25, 0.3) is 0 Å². The van der Waals surface area contributed by atoms with E-state index in [9.17, 15) is 73.2 Å². The highest BCUT2D eigenvalue weighted by molar-refractivity contribution is 6.00. The van der Waals surface area contributed by atoms with Crippen molar-refractivity contribution in [3.8, 4) is 5.75 Å². The molecular formula is C68H95N13O15. The van der Waals surface area contributed by atoms with Gasteiger partial charge < -0.3 is 89.3 Å². The molecule has 0 aliphatic carbocycles. The van der Waals surface area contributed by atoms with E-state index in [1.54, 1.807) is 60.0 Å². The topological polar surface area (TPSA) is 452 Å². The first-order chi connectivity index (χ1) is 45.5. The van der Waals surface area contributed by atoms with Gasteiger partial charge in [0.2, 0.25) is 53.2 Å². The van der Waals surface area contributed by atoms with Crippen LogP contribution in [0.2, 0.25) is 0 Å². The molecule has 522 valence electrons. The standard InChI is InChI=1S/C68H95N13O15/c1-36(2)27-50(61(88)76-53(63(90)79-55(68(95)96)29-38(5)6)32-42-35-72-48-18-11-9-16-45(42)48)75-60(87)49(19-12-13-25-69)73-66(93)58(39(7)82)80-64(91)51(28-37(3)4)77-65(92)56-20-14-26-81(56)67(94)54(33-57(84)85)78-62(89)52(30-40-21-23-43(83)24-22-40)74-59(86)46(70)31-41-34-71-47-17-10-8-15-44(41)47/h8-11,15-18,21-24,34-39,46,49-56,58,71-72,82-83H,12-14,19-20,25-33,69-70H2,1-7H3,(H,73,93)(H,74,86)(H,75,87)(H,76,88)(H,77,92)(H,78,89)(H,79,90)(H,80,91)(H,84,85)(H,95,96)/t39-,46+,49+,50+,51+,52+,53+,54+,55+,56+,58+/m1/s1. The van der Waals surface area contributed by atoms with Gasteiger partial charge in [0.1, 0.15) is 60.1 Å². The van der Waals surface area contributed by atoms with Gasteiger partial charge in [-0.15, -0.1) is 0 Å². The monoisotopic (exact) mass is 1330 g/mol. The minimum Gasteiger partial charge on any atom is -0.508 e. The van der Waals surface area contributed by atoms with Crippen molar-refractivity contribution in [3.05, 3.63) is 102 Å². The SMILES string of the molecule is CC(C)C[C@H](NC(=O)[C@H](Cc1c[nH]c2ccccc12)NC(=O)[C@H](CC(C)C)NC(=O)[C@H](CCCCN)NC(=O)[C@@H](NC(=O)[C@H](CC(C)C)NC(=O)[C@@H]1CCCN1C(=O)[C@H](CC(=O)O)NC(=O)[C@H](Cc1ccc(O)cc1)NC(=O)[C@@H](N)Cc1c[nH]c2ccccc12)[C@@H](C)O)C(=O)O. The number of phenolic OH excluding ortho intramolecular Hbond substituents is 1. The Kier molecular flexibility index (Phi) is 28.3. The number of amides is 9. The predicted molar refractivity (Wildman–Crippen MR) is 357 cm³/mol. The van der Waals surface area contributed by atoms with Crippen LogP contribution in [0.4, 0.5) is 0 Å². The summed E-state index contributed by atoms with van der Waals surface area (Å²) in [5.41, 5.74) is 15.7. The van der Waals surface area contributed by atoms with E-state index in [0.29, 0.717) is 24.0 Å². The van der Waals surface area contributed by atoms with E-state index in [-0.39, 0.29) is 94.4 Å². The normalized spacial score (nSPS) is 16.3. The number of carbonyl (C=O) groups excluding carboxylic acids is 9. The van der Waals surface area contributed by atoms with Crippen molar-refractivity contribution in [1.82, 2.24) is 57.4 Å². The molecule has 5 aromatic rings. The summed E-state index contributed by atoms with van der Waals surface area (Å²) in [6, 6.07) is 6.33. The van der Waals surface area contributed by atoms with E-state index in [2.05, 4.69) is 52.5 Å². The number of H-pyrrole nitrogens is 2. The Morgan fingerprint density at radius 1 is 0.542 bits per heavy atom. The number of phenols is 1. The van der Waals surface area contributed by atoms with Gasteiger partial charge in [-0.25, -0.2) is 4.79 Å². The van der Waals surface area contributed by atoms with Crippen molar-refractivity contribution in [2.75, 3.05) is 13.1 Å². The number of benzene rings is 3. The van der Waals surface area contributed by atoms with Crippen molar-refractivity contribution in [1.29, 1.82) is 0 Å². The predicted octanol–water partition coefficient (Wildman–Crippen LogP) is 1.79. The number of nitrogens with two attached hydrogens (primary N) is 2. The highest BCUT2D eigenvalue weighted by Crippen LogP contribution is 2.24. The van der Waals surface area contributed by atoms with E-state index < -0.39 is 138 Å². The smallest absolute Gasteiger partial charge is 0.326 e. The molecule has 3 aromatic carbocycles. The number of hydrogen-bond acceptors (Lipinski definition) is 15. The minimum absolute atomic E-state index is 0.0261. The molecule has 9 amide bonds. The summed E-state index contributed by atoms with van der Waals surface area (Å²) in [6.07, 6.45) is 1.76. The lowest BCUT2D eigenvalue weighted by molar-refractivity contribution is -0.146. The van der Waals surface area contributed by atoms with Gasteiger partial charge in [0.15, 0.2) is 0 Å². The molecule has 1 saturated heterocycles. The Labute approximate surface area is 557 Å². The number of aromatic amines is 2. The number of carboxylic acids is 2. The molecule has 11 atom stereocenters. The molecule has 1 aliphatic rings. The van der Waals surface area contributed by atoms with Crippen LogP contribution in [0.3, 0.4) is 0 Å². The number of likely N-dealkylation sites (tertiary alicyclic amines) is 1. The summed E-state index contributed by atoms with van der Waals surface area (Å²) in [5.74, 6) is -11.3. The number of nitrogens with zero attached hydrogens (tertiary/aromatic N) is 1. The number of aromatic nitrogens is 2. The molecule has 28 nitrogen and oxygen atoms in total. The Balaban J connectivity index is 1.16. The number of fused-ring (bicyclic) bond motifs is 2. The Morgan fingerprint density at radius 3 is 1.56 bits per heavy atom. The van der Waals surface area contributed by atoms with Crippen LogP contribution >= 0.6 is 0 Å². The van der Waals surface area contributed by atoms with Crippen molar-refractivity contribution in [3.63, 3.8) is 0 Å². The van der Waals surface area contributed by atoms with Gasteiger partial charge in [0, 0.05) is 53.6 Å². The van der Waals surface area contributed by atoms with Crippen molar-refractivity contribution < 1.29 is 73.2 Å². The fraction of sp³-hybridized carbons (Fsp3) is 0.515. The number of carboxylic acid groups (broad SMARTS) is 2. The van der Waals surface area contributed by atoms with Crippen LogP contribution in [0.25, 0.3) is 21.8 Å². The second-order valence-electron chi connectivity index (χ2n) is 26.1. The number of aliphatic hydroxyl groups is 1. The summed E-state index contributed by atoms with van der Waals surface area (Å²) in [7, 11) is 0. The third kappa shape index (κ3) is 22.1. The lowest BCUT2D eigenvalue weighted by Crippen LogP contribution is -2.62. The van der Waals surface area contributed by atoms with Crippen molar-refractivity contribution in [2.45, 2.75) is 192 Å². The molecule has 0 bridgehead atoms. The quantitative estimate of drug-likeness (QED) is 0.0252. The third-order valence-electron chi connectivity index (χ3n) is 16.7. The van der Waals surface area contributed by atoms with Crippen LogP contribution in [0.15, 0.2) is 85.2 Å². The Hall–Kier alpha value is -9.41. The maximum atomic E-state index is 14.5. The van der Waals surface area contributed by atoms with E-state index in [1.165, 1.54) is 31.2 Å². The minimum atomic E-state index is -1.77. The second-order valence-corrected chi connectivity index (χ2v) is 26.1. The molecule has 1 fully saturated rings. The number of rotatable bonds is 37. The molecule has 28 heteroatoms. The summed E-state index contributed by atoms with van der Waals surface area (Å²) >= 11 is 0. The first kappa shape index (κ1) is 75.6. The van der Waals surface area contributed by atoms with Crippen LogP contribution in [0, 0.1) is 17.8 Å². The van der Waals surface area contributed by atoms with Gasteiger partial charge in [0.05, 0.1) is 18.6 Å². The summed E-state index contributed by atoms with van der Waals surface area (Å²) in [4.78, 5) is 161. The maximum absolute atomic E-state index is 14.5. The molecule has 18 N–H and O–H groups in total. The fourth-order valence-electron chi connectivity index (χ4n) is 11.7. The third-order valence-corrected chi connectivity index (χ3v) is 16.7. The van der Waals surface area contributed by atoms with E-state index in [1.807, 2.05) is 42.5 Å². The average molecular weight is 1330 g/mol. The maximum Gasteiger partial charge on any atom is 0.326 e. The van der Waals surface area contributed by atoms with Gasteiger partial charge in [-0.2, -0.15) is 0 Å². The fourth-order valence-corrected chi connectivity index (χ4v) is 11.7. The Bertz CT molecular complexity index is 3510. The van der Waals surface area contributed by atoms with Crippen LogP contribution in [-0.2, 0) is 72.0 Å². The molecule has 3 heterocycles. The molecule has 0 unspecified atom stereocenters. The number of aliphatic carboxylic acids is 2.